The Bertz CT molecular complexity index is 2030. The summed E-state index contributed by atoms with van der Waals surface area (Å²) in [5.74, 6) is -2.74. The quantitative estimate of drug-likeness (QED) is 0.134. The van der Waals surface area contributed by atoms with Gasteiger partial charge in [-0.1, -0.05) is 36.4 Å². The fourth-order valence-corrected chi connectivity index (χ4v) is 8.52. The van der Waals surface area contributed by atoms with Gasteiger partial charge in [0.1, 0.15) is 47.5 Å². The van der Waals surface area contributed by atoms with Crippen molar-refractivity contribution in [1.29, 1.82) is 0 Å². The number of phenols is 3. The second-order valence-corrected chi connectivity index (χ2v) is 15.6. The molecular formula is C39H43N7O8S2. The number of aromatic hydroxyl groups is 3. The molecule has 1 saturated heterocycles. The van der Waals surface area contributed by atoms with Crippen LogP contribution in [-0.4, -0.2) is 92.3 Å². The van der Waals surface area contributed by atoms with E-state index in [2.05, 4.69) is 21.3 Å². The minimum absolute atomic E-state index is 0.00199. The average molecular weight is 802 g/mol. The van der Waals surface area contributed by atoms with Gasteiger partial charge in [-0.2, -0.15) is 11.8 Å². The highest BCUT2D eigenvalue weighted by Crippen LogP contribution is 2.30. The minimum atomic E-state index is -1.29. The van der Waals surface area contributed by atoms with Crippen LogP contribution in [0.15, 0.2) is 78.2 Å². The number of fused-ring (bicyclic) bond motifs is 4. The number of phenolic OH excluding ortho intramolecular Hbond substituents is 3. The summed E-state index contributed by atoms with van der Waals surface area (Å²) in [6, 6.07) is 12.9. The molecule has 56 heavy (non-hydrogen) atoms. The molecule has 5 atom stereocenters. The first-order valence-corrected chi connectivity index (χ1v) is 20.1. The van der Waals surface area contributed by atoms with Gasteiger partial charge >= 0.3 is 0 Å². The van der Waals surface area contributed by atoms with Crippen LogP contribution in [0, 0.1) is 0 Å². The van der Waals surface area contributed by atoms with E-state index in [0.717, 1.165) is 6.42 Å². The second-order valence-electron chi connectivity index (χ2n) is 13.7. The van der Waals surface area contributed by atoms with Crippen molar-refractivity contribution in [2.45, 2.75) is 68.1 Å². The van der Waals surface area contributed by atoms with Crippen molar-refractivity contribution in [3.05, 3.63) is 101 Å². The van der Waals surface area contributed by atoms with Gasteiger partial charge in [0.2, 0.25) is 29.5 Å². The van der Waals surface area contributed by atoms with Crippen LogP contribution in [0.1, 0.15) is 35.2 Å². The molecule has 1 fully saturated rings. The summed E-state index contributed by atoms with van der Waals surface area (Å²) in [7, 11) is 0. The molecule has 3 aromatic carbocycles. The Hall–Kier alpha value is -5.81. The average Bonchev–Trinajstić information content (AvgIpc) is 3.86. The van der Waals surface area contributed by atoms with Crippen LogP contribution in [0.5, 0.6) is 17.2 Å². The summed E-state index contributed by atoms with van der Waals surface area (Å²) in [5.41, 5.74) is 8.24. The van der Waals surface area contributed by atoms with E-state index in [1.807, 2.05) is 10.3 Å². The topological polar surface area (TPSA) is 236 Å². The van der Waals surface area contributed by atoms with Crippen molar-refractivity contribution in [2.75, 3.05) is 17.2 Å². The molecule has 17 heteroatoms. The molecule has 5 amide bonds. The number of hydrogen-bond donors (Lipinski definition) is 8. The van der Waals surface area contributed by atoms with E-state index >= 15 is 0 Å². The highest BCUT2D eigenvalue weighted by molar-refractivity contribution is 7.98. The Morgan fingerprint density at radius 2 is 1.14 bits per heavy atom. The molecule has 9 N–H and O–H groups in total. The maximum Gasteiger partial charge on any atom is 0.243 e. The van der Waals surface area contributed by atoms with E-state index in [0.29, 0.717) is 46.2 Å². The van der Waals surface area contributed by atoms with Crippen LogP contribution < -0.4 is 31.9 Å². The molecule has 4 aromatic rings. The number of carbonyl (C=O) groups is 5. The number of anilines is 1. The standard InChI is InChI=1S/C39H43N7O8S2/c40-34(50)32-21-55-19-25-20-56-39(41-25)46-15-1-2-33(46)38(54)44-31(18-24-7-13-28(49)14-8-24)36(52)42-29(16-22-3-9-26(47)10-4-22)35(51)43-30(37(53)45-32)17-23-5-11-27(48)12-6-23/h3-14,20,29-33,47-49H,1-2,15-19,21H2,(H2,40,50)(H,42,52)(H,43,51)(H,44,54)(H,45,53)/t29-,30-,31-,32-,33-/m0/s1. The first kappa shape index (κ1) is 39.9. The monoisotopic (exact) mass is 801 g/mol. The third-order valence-electron chi connectivity index (χ3n) is 9.56. The van der Waals surface area contributed by atoms with Crippen LogP contribution in [0.25, 0.3) is 0 Å². The van der Waals surface area contributed by atoms with Gasteiger partial charge in [0.05, 0.1) is 5.69 Å². The Kier molecular flexibility index (Phi) is 13.0. The highest BCUT2D eigenvalue weighted by Gasteiger charge is 2.36. The number of thiazole rings is 1. The maximum atomic E-state index is 14.3. The number of nitrogens with one attached hydrogen (secondary N) is 4. The Labute approximate surface area is 331 Å². The summed E-state index contributed by atoms with van der Waals surface area (Å²) in [6.45, 7) is 0.572. The predicted molar refractivity (Wildman–Crippen MR) is 211 cm³/mol. The zero-order valence-corrected chi connectivity index (χ0v) is 31.9. The van der Waals surface area contributed by atoms with Crippen molar-refractivity contribution < 1.29 is 39.3 Å². The van der Waals surface area contributed by atoms with Crippen molar-refractivity contribution in [1.82, 2.24) is 26.3 Å². The second kappa shape index (κ2) is 18.2. The molecule has 294 valence electrons. The van der Waals surface area contributed by atoms with Crippen LogP contribution in [0.3, 0.4) is 0 Å². The summed E-state index contributed by atoms with van der Waals surface area (Å²) in [5, 5.41) is 43.3. The molecule has 2 aliphatic rings. The number of hydrogen-bond acceptors (Lipinski definition) is 12. The van der Waals surface area contributed by atoms with E-state index in [-0.39, 0.29) is 42.3 Å². The van der Waals surface area contributed by atoms with Crippen molar-refractivity contribution >= 4 is 57.8 Å². The largest absolute Gasteiger partial charge is 0.508 e. The third-order valence-corrected chi connectivity index (χ3v) is 11.6. The lowest BCUT2D eigenvalue weighted by Crippen LogP contribution is -2.60. The van der Waals surface area contributed by atoms with E-state index < -0.39 is 59.7 Å². The normalized spacial score (nSPS) is 22.6. The van der Waals surface area contributed by atoms with Crippen LogP contribution in [0.2, 0.25) is 0 Å². The first-order chi connectivity index (χ1) is 26.9. The number of thioether (sulfide) groups is 1. The molecule has 15 nitrogen and oxygen atoms in total. The van der Waals surface area contributed by atoms with Crippen molar-refractivity contribution in [2.24, 2.45) is 5.73 Å². The number of amides is 5. The summed E-state index contributed by atoms with van der Waals surface area (Å²) in [4.78, 5) is 75.8. The third kappa shape index (κ3) is 10.5. The number of nitrogens with zero attached hydrogens (tertiary/aromatic N) is 2. The smallest absolute Gasteiger partial charge is 0.243 e. The van der Waals surface area contributed by atoms with Gasteiger partial charge in [-0.3, -0.25) is 24.0 Å². The van der Waals surface area contributed by atoms with Crippen LogP contribution >= 0.6 is 23.1 Å². The van der Waals surface area contributed by atoms with Gasteiger partial charge in [-0.15, -0.1) is 11.3 Å². The summed E-state index contributed by atoms with van der Waals surface area (Å²) in [6.07, 6.45) is 1.16. The molecule has 3 heterocycles. The van der Waals surface area contributed by atoms with Gasteiger partial charge < -0.3 is 47.2 Å². The van der Waals surface area contributed by atoms with Crippen LogP contribution in [-0.2, 0) is 49.0 Å². The Morgan fingerprint density at radius 1 is 0.696 bits per heavy atom. The van der Waals surface area contributed by atoms with Gasteiger partial charge in [0.15, 0.2) is 5.13 Å². The molecule has 0 saturated carbocycles. The molecule has 0 unspecified atom stereocenters. The van der Waals surface area contributed by atoms with Crippen molar-refractivity contribution in [3.63, 3.8) is 0 Å². The van der Waals surface area contributed by atoms with E-state index in [1.165, 1.54) is 59.5 Å². The molecule has 2 bridgehead atoms. The number of nitrogens with two attached hydrogens (primary N) is 1. The molecule has 1 aromatic heterocycles. The number of carbonyl (C=O) groups excluding carboxylic acids is 5. The summed E-state index contributed by atoms with van der Waals surface area (Å²) >= 11 is 2.72. The van der Waals surface area contributed by atoms with E-state index in [1.54, 1.807) is 36.4 Å². The van der Waals surface area contributed by atoms with Crippen molar-refractivity contribution in [3.8, 4) is 17.2 Å². The molecule has 0 radical (unpaired) electrons. The zero-order chi connectivity index (χ0) is 39.8. The van der Waals surface area contributed by atoms with E-state index in [4.69, 9.17) is 10.7 Å². The number of benzene rings is 3. The van der Waals surface area contributed by atoms with Crippen LogP contribution in [0.4, 0.5) is 5.13 Å². The lowest BCUT2D eigenvalue weighted by Gasteiger charge is -2.28. The fraction of sp³-hybridized carbons (Fsp3) is 0.333. The molecular weight excluding hydrogens is 759 g/mol. The number of rotatable bonds is 7. The van der Waals surface area contributed by atoms with E-state index in [9.17, 15) is 39.3 Å². The van der Waals surface area contributed by atoms with Gasteiger partial charge in [0, 0.05) is 42.7 Å². The minimum Gasteiger partial charge on any atom is -0.508 e. The summed E-state index contributed by atoms with van der Waals surface area (Å²) < 4.78 is 0. The SMILES string of the molecule is NC(=O)[C@@H]1CSCc2csc(n2)N2CCC[C@H]2C(=O)N[C@@H](Cc2ccc(O)cc2)C(=O)N[C@@H](Cc2ccc(O)cc2)C(=O)N[C@@H](Cc2ccc(O)cc2)C(=O)N1. The lowest BCUT2D eigenvalue weighted by atomic mass is 10.0. The highest BCUT2D eigenvalue weighted by atomic mass is 32.2. The lowest BCUT2D eigenvalue weighted by molar-refractivity contribution is -0.134. The number of aromatic nitrogens is 1. The van der Waals surface area contributed by atoms with Gasteiger partial charge in [-0.25, -0.2) is 4.98 Å². The molecule has 0 aliphatic carbocycles. The van der Waals surface area contributed by atoms with Gasteiger partial charge in [0.25, 0.3) is 0 Å². The first-order valence-electron chi connectivity index (χ1n) is 18.0. The Morgan fingerprint density at radius 3 is 1.61 bits per heavy atom. The molecule has 6 rings (SSSR count). The Balaban J connectivity index is 1.37. The fourth-order valence-electron chi connectivity index (χ4n) is 6.55. The molecule has 0 spiro atoms. The zero-order valence-electron chi connectivity index (χ0n) is 30.2. The molecule has 2 aliphatic heterocycles. The predicted octanol–water partition coefficient (Wildman–Crippen LogP) is 1.63. The number of primary amides is 1. The maximum absolute atomic E-state index is 14.3. The van der Waals surface area contributed by atoms with Gasteiger partial charge in [-0.05, 0) is 65.9 Å².